The zero-order valence-corrected chi connectivity index (χ0v) is 18.1. The predicted molar refractivity (Wildman–Crippen MR) is 104 cm³/mol. The number of ether oxygens (including phenoxy) is 3. The van der Waals surface area contributed by atoms with Crippen molar-refractivity contribution >= 4 is 6.09 Å². The van der Waals surface area contributed by atoms with Crippen molar-refractivity contribution in [2.45, 2.75) is 90.2 Å². The van der Waals surface area contributed by atoms with Gasteiger partial charge in [-0.05, 0) is 71.1 Å². The van der Waals surface area contributed by atoms with Crippen LogP contribution in [0, 0.1) is 11.8 Å². The summed E-state index contributed by atoms with van der Waals surface area (Å²) in [5, 5.41) is 0. The first-order chi connectivity index (χ1) is 13.4. The maximum absolute atomic E-state index is 13.3. The zero-order valence-electron chi connectivity index (χ0n) is 18.1. The number of halogens is 3. The quantitative estimate of drug-likeness (QED) is 0.455. The van der Waals surface area contributed by atoms with Crippen LogP contribution in [0.4, 0.5) is 18.0 Å². The van der Waals surface area contributed by atoms with Gasteiger partial charge < -0.3 is 19.1 Å². The number of nitrogens with zero attached hydrogens (tertiary/aromatic N) is 1. The van der Waals surface area contributed by atoms with Crippen LogP contribution in [-0.2, 0) is 14.2 Å². The SMILES string of the molecule is CC1CC(OCCCCCOC(CC2CN(C(=O)OC(C)(C)C)C2)C(F)(F)F)C1. The molecule has 170 valence electrons. The molecule has 1 saturated heterocycles. The van der Waals surface area contributed by atoms with Gasteiger partial charge in [0.1, 0.15) is 5.60 Å². The second-order valence-electron chi connectivity index (χ2n) is 9.52. The molecular weight excluding hydrogens is 387 g/mol. The third-order valence-corrected chi connectivity index (χ3v) is 5.31. The first kappa shape index (κ1) is 24.3. The van der Waals surface area contributed by atoms with E-state index >= 15 is 0 Å². The first-order valence-electron chi connectivity index (χ1n) is 10.7. The van der Waals surface area contributed by atoms with Crippen LogP contribution in [0.15, 0.2) is 0 Å². The van der Waals surface area contributed by atoms with Crippen molar-refractivity contribution in [2.75, 3.05) is 26.3 Å². The lowest BCUT2D eigenvalue weighted by Gasteiger charge is -2.41. The van der Waals surface area contributed by atoms with Gasteiger partial charge in [0.2, 0.25) is 0 Å². The Morgan fingerprint density at radius 1 is 1.07 bits per heavy atom. The summed E-state index contributed by atoms with van der Waals surface area (Å²) in [4.78, 5) is 13.3. The number of unbranched alkanes of at least 4 members (excludes halogenated alkanes) is 2. The van der Waals surface area contributed by atoms with Gasteiger partial charge in [-0.1, -0.05) is 6.92 Å². The summed E-state index contributed by atoms with van der Waals surface area (Å²) in [6, 6.07) is 0. The molecule has 1 heterocycles. The molecule has 2 fully saturated rings. The highest BCUT2D eigenvalue weighted by molar-refractivity contribution is 5.69. The lowest BCUT2D eigenvalue weighted by Crippen LogP contribution is -2.53. The lowest BCUT2D eigenvalue weighted by atomic mass is 9.84. The average molecular weight is 424 g/mol. The molecule has 2 aliphatic rings. The lowest BCUT2D eigenvalue weighted by molar-refractivity contribution is -0.227. The fourth-order valence-electron chi connectivity index (χ4n) is 3.61. The molecule has 0 aromatic rings. The number of likely N-dealkylation sites (tertiary alicyclic amines) is 1. The Morgan fingerprint density at radius 2 is 1.69 bits per heavy atom. The van der Waals surface area contributed by atoms with E-state index in [1.165, 1.54) is 4.90 Å². The Balaban J connectivity index is 1.58. The molecule has 29 heavy (non-hydrogen) atoms. The summed E-state index contributed by atoms with van der Waals surface area (Å²) in [7, 11) is 0. The van der Waals surface area contributed by atoms with Gasteiger partial charge in [0.25, 0.3) is 0 Å². The van der Waals surface area contributed by atoms with Crippen molar-refractivity contribution in [2.24, 2.45) is 11.8 Å². The molecule has 1 amide bonds. The number of hydrogen-bond acceptors (Lipinski definition) is 4. The van der Waals surface area contributed by atoms with E-state index in [0.29, 0.717) is 19.1 Å². The highest BCUT2D eigenvalue weighted by Crippen LogP contribution is 2.32. The fraction of sp³-hybridized carbons (Fsp3) is 0.952. The molecule has 0 aromatic carbocycles. The number of rotatable bonds is 10. The van der Waals surface area contributed by atoms with Crippen molar-refractivity contribution in [1.82, 2.24) is 4.90 Å². The van der Waals surface area contributed by atoms with E-state index in [4.69, 9.17) is 14.2 Å². The van der Waals surface area contributed by atoms with Crippen molar-refractivity contribution in [3.63, 3.8) is 0 Å². The largest absolute Gasteiger partial charge is 0.444 e. The zero-order chi connectivity index (χ0) is 21.7. The van der Waals surface area contributed by atoms with E-state index in [1.54, 1.807) is 20.8 Å². The molecule has 1 saturated carbocycles. The number of amides is 1. The Hall–Kier alpha value is -1.02. The maximum atomic E-state index is 13.3. The molecular formula is C21H36F3NO4. The van der Waals surface area contributed by atoms with Crippen molar-refractivity contribution in [3.05, 3.63) is 0 Å². The van der Waals surface area contributed by atoms with Crippen LogP contribution in [-0.4, -0.2) is 61.3 Å². The number of alkyl halides is 3. The number of carbonyl (C=O) groups is 1. The van der Waals surface area contributed by atoms with Gasteiger partial charge in [0.05, 0.1) is 6.10 Å². The van der Waals surface area contributed by atoms with Gasteiger partial charge in [-0.25, -0.2) is 4.79 Å². The molecule has 0 bridgehead atoms. The highest BCUT2D eigenvalue weighted by Gasteiger charge is 2.45. The summed E-state index contributed by atoms with van der Waals surface area (Å²) in [6.45, 7) is 8.80. The molecule has 0 radical (unpaired) electrons. The van der Waals surface area contributed by atoms with Gasteiger partial charge in [-0.3, -0.25) is 0 Å². The maximum Gasteiger partial charge on any atom is 0.414 e. The van der Waals surface area contributed by atoms with Crippen LogP contribution in [0.3, 0.4) is 0 Å². The molecule has 5 nitrogen and oxygen atoms in total. The molecule has 8 heteroatoms. The van der Waals surface area contributed by atoms with Crippen molar-refractivity contribution in [1.29, 1.82) is 0 Å². The minimum Gasteiger partial charge on any atom is -0.444 e. The molecule has 1 unspecified atom stereocenters. The number of hydrogen-bond donors (Lipinski definition) is 0. The van der Waals surface area contributed by atoms with E-state index in [-0.39, 0.29) is 32.0 Å². The van der Waals surface area contributed by atoms with Crippen LogP contribution in [0.2, 0.25) is 0 Å². The predicted octanol–water partition coefficient (Wildman–Crippen LogP) is 5.18. The van der Waals surface area contributed by atoms with Crippen LogP contribution >= 0.6 is 0 Å². The van der Waals surface area contributed by atoms with E-state index < -0.39 is 24.0 Å². The summed E-state index contributed by atoms with van der Waals surface area (Å²) in [6.07, 6.45) is -1.93. The van der Waals surface area contributed by atoms with Gasteiger partial charge in [0, 0.05) is 26.3 Å². The molecule has 0 N–H and O–H groups in total. The summed E-state index contributed by atoms with van der Waals surface area (Å²) in [5.74, 6) is 0.534. The monoisotopic (exact) mass is 423 g/mol. The van der Waals surface area contributed by atoms with Crippen LogP contribution in [0.25, 0.3) is 0 Å². The standard InChI is InChI=1S/C21H36F3NO4/c1-15-10-17(11-15)27-8-6-5-7-9-28-18(21(22,23)24)12-16-13-25(14-16)19(26)29-20(2,3)4/h15-18H,5-14H2,1-4H3. The van der Waals surface area contributed by atoms with Crippen molar-refractivity contribution < 1.29 is 32.2 Å². The third kappa shape index (κ3) is 8.70. The van der Waals surface area contributed by atoms with E-state index in [1.807, 2.05) is 0 Å². The average Bonchev–Trinajstić information content (AvgIpc) is 2.49. The number of carbonyl (C=O) groups excluding carboxylic acids is 1. The second kappa shape index (κ2) is 10.3. The van der Waals surface area contributed by atoms with Crippen LogP contribution < -0.4 is 0 Å². The summed E-state index contributed by atoms with van der Waals surface area (Å²) in [5.41, 5.74) is -0.610. The van der Waals surface area contributed by atoms with Crippen LogP contribution in [0.5, 0.6) is 0 Å². The highest BCUT2D eigenvalue weighted by atomic mass is 19.4. The van der Waals surface area contributed by atoms with Gasteiger partial charge in [-0.2, -0.15) is 13.2 Å². The van der Waals surface area contributed by atoms with Gasteiger partial charge >= 0.3 is 12.3 Å². The minimum absolute atomic E-state index is 0.0904. The molecule has 2 rings (SSSR count). The summed E-state index contributed by atoms with van der Waals surface area (Å²) < 4.78 is 55.9. The minimum atomic E-state index is -4.39. The second-order valence-corrected chi connectivity index (χ2v) is 9.52. The molecule has 1 atom stereocenters. The Bertz CT molecular complexity index is 509. The summed E-state index contributed by atoms with van der Waals surface area (Å²) >= 11 is 0. The third-order valence-electron chi connectivity index (χ3n) is 5.31. The topological polar surface area (TPSA) is 48.0 Å². The Labute approximate surface area is 172 Å². The molecule has 1 aliphatic carbocycles. The molecule has 1 aliphatic heterocycles. The molecule has 0 aromatic heterocycles. The fourth-order valence-corrected chi connectivity index (χ4v) is 3.61. The first-order valence-corrected chi connectivity index (χ1v) is 10.7. The normalized spacial score (nSPS) is 24.0. The van der Waals surface area contributed by atoms with Gasteiger partial charge in [0.15, 0.2) is 6.10 Å². The Kier molecular flexibility index (Phi) is 8.64. The van der Waals surface area contributed by atoms with Crippen LogP contribution in [0.1, 0.15) is 66.2 Å². The van der Waals surface area contributed by atoms with E-state index in [0.717, 1.165) is 31.6 Å². The Morgan fingerprint density at radius 3 is 2.24 bits per heavy atom. The van der Waals surface area contributed by atoms with E-state index in [2.05, 4.69) is 6.92 Å². The van der Waals surface area contributed by atoms with Gasteiger partial charge in [-0.15, -0.1) is 0 Å². The smallest absolute Gasteiger partial charge is 0.414 e. The van der Waals surface area contributed by atoms with Crippen molar-refractivity contribution in [3.8, 4) is 0 Å². The molecule has 0 spiro atoms. The van der Waals surface area contributed by atoms with E-state index in [9.17, 15) is 18.0 Å².